The van der Waals surface area contributed by atoms with Crippen molar-refractivity contribution < 1.29 is 19.5 Å². The molecule has 0 saturated carbocycles. The quantitative estimate of drug-likeness (QED) is 0.754. The van der Waals surface area contributed by atoms with Crippen LogP contribution >= 0.6 is 11.8 Å². The van der Waals surface area contributed by atoms with Gasteiger partial charge in [-0.15, -0.1) is 0 Å². The van der Waals surface area contributed by atoms with Crippen molar-refractivity contribution in [1.82, 2.24) is 4.98 Å². The van der Waals surface area contributed by atoms with Crippen LogP contribution in [0.25, 0.3) is 0 Å². The first-order valence-corrected chi connectivity index (χ1v) is 8.68. The first kappa shape index (κ1) is 17.2. The molecule has 1 fully saturated rings. The highest BCUT2D eigenvalue weighted by atomic mass is 32.2. The Hall–Kier alpha value is -2.67. The fraction of sp³-hybridized carbons (Fsp3) is 0.222. The molecule has 0 bridgehead atoms. The van der Waals surface area contributed by atoms with Crippen molar-refractivity contribution in [2.24, 2.45) is 0 Å². The standard InChI is InChI=1S/C18H16N2O4S/c1-2-11-6-3-4-8-13(11)20-15(21)10-14(17(20)22)25-16-12(18(23)24)7-5-9-19-16/h3-9,14H,2,10H2,1H3,(H,23,24)/p-1/t14-/m0/s1. The number of carboxylic acids is 1. The van der Waals surface area contributed by atoms with Crippen LogP contribution in [0.15, 0.2) is 47.6 Å². The number of carbonyl (C=O) groups is 3. The Morgan fingerprint density at radius 3 is 2.76 bits per heavy atom. The predicted octanol–water partition coefficient (Wildman–Crippen LogP) is 1.43. The molecule has 6 nitrogen and oxygen atoms in total. The van der Waals surface area contributed by atoms with E-state index in [0.717, 1.165) is 17.3 Å². The summed E-state index contributed by atoms with van der Waals surface area (Å²) in [6.07, 6.45) is 2.14. The molecule has 0 N–H and O–H groups in total. The second kappa shape index (κ2) is 7.06. The van der Waals surface area contributed by atoms with E-state index in [4.69, 9.17) is 0 Å². The largest absolute Gasteiger partial charge is 0.545 e. The SMILES string of the molecule is CCc1ccccc1N1C(=O)C[C@H](Sc2ncccc2C(=O)[O-])C1=O. The molecular weight excluding hydrogens is 340 g/mol. The molecule has 0 aliphatic carbocycles. The zero-order chi connectivity index (χ0) is 18.0. The molecule has 2 aromatic rings. The maximum absolute atomic E-state index is 12.8. The van der Waals surface area contributed by atoms with E-state index in [0.29, 0.717) is 12.1 Å². The van der Waals surface area contributed by atoms with Crippen LogP contribution in [0.5, 0.6) is 0 Å². The summed E-state index contributed by atoms with van der Waals surface area (Å²) >= 11 is 0.986. The van der Waals surface area contributed by atoms with E-state index >= 15 is 0 Å². The second-order valence-corrected chi connectivity index (χ2v) is 6.70. The number of para-hydroxylation sites is 1. The van der Waals surface area contributed by atoms with Crippen LogP contribution in [0.4, 0.5) is 5.69 Å². The fourth-order valence-corrected chi connectivity index (χ4v) is 3.85. The van der Waals surface area contributed by atoms with Crippen molar-refractivity contribution in [1.29, 1.82) is 0 Å². The number of amides is 2. The molecule has 0 unspecified atom stereocenters. The molecule has 2 amide bonds. The fourth-order valence-electron chi connectivity index (χ4n) is 2.75. The first-order chi connectivity index (χ1) is 12.0. The molecule has 1 aliphatic rings. The number of pyridine rings is 1. The smallest absolute Gasteiger partial charge is 0.247 e. The summed E-state index contributed by atoms with van der Waals surface area (Å²) in [6, 6.07) is 10.1. The number of imide groups is 1. The van der Waals surface area contributed by atoms with Crippen LogP contribution in [0.3, 0.4) is 0 Å². The summed E-state index contributed by atoms with van der Waals surface area (Å²) in [5.74, 6) is -2.01. The molecule has 1 aromatic heterocycles. The second-order valence-electron chi connectivity index (χ2n) is 5.50. The lowest BCUT2D eigenvalue weighted by Gasteiger charge is -2.18. The highest BCUT2D eigenvalue weighted by molar-refractivity contribution is 8.00. The van der Waals surface area contributed by atoms with Gasteiger partial charge in [0.15, 0.2) is 0 Å². The van der Waals surface area contributed by atoms with E-state index in [1.54, 1.807) is 12.1 Å². The Balaban J connectivity index is 1.89. The Labute approximate surface area is 148 Å². The molecule has 3 rings (SSSR count). The lowest BCUT2D eigenvalue weighted by molar-refractivity contribution is -0.255. The molecule has 0 radical (unpaired) electrons. The van der Waals surface area contributed by atoms with Gasteiger partial charge in [-0.1, -0.05) is 36.9 Å². The Bertz CT molecular complexity index is 852. The lowest BCUT2D eigenvalue weighted by Crippen LogP contribution is -2.32. The van der Waals surface area contributed by atoms with E-state index in [9.17, 15) is 19.5 Å². The first-order valence-electron chi connectivity index (χ1n) is 7.80. The van der Waals surface area contributed by atoms with Gasteiger partial charge in [0.1, 0.15) is 5.03 Å². The molecule has 0 spiro atoms. The summed E-state index contributed by atoms with van der Waals surface area (Å²) in [6.45, 7) is 1.95. The van der Waals surface area contributed by atoms with E-state index in [2.05, 4.69) is 4.98 Å². The van der Waals surface area contributed by atoms with E-state index in [1.165, 1.54) is 23.2 Å². The summed E-state index contributed by atoms with van der Waals surface area (Å²) in [5.41, 5.74) is 1.41. The lowest BCUT2D eigenvalue weighted by atomic mass is 10.1. The third-order valence-corrected chi connectivity index (χ3v) is 5.17. The third-order valence-electron chi connectivity index (χ3n) is 3.96. The molecular formula is C18H15N2O4S-. The van der Waals surface area contributed by atoms with E-state index in [1.807, 2.05) is 19.1 Å². The molecule has 128 valence electrons. The maximum atomic E-state index is 12.8. The van der Waals surface area contributed by atoms with Gasteiger partial charge in [-0.05, 0) is 30.2 Å². The minimum atomic E-state index is -1.36. The number of hydrogen-bond donors (Lipinski definition) is 0. The van der Waals surface area contributed by atoms with Crippen LogP contribution in [0.2, 0.25) is 0 Å². The Morgan fingerprint density at radius 1 is 1.28 bits per heavy atom. The van der Waals surface area contributed by atoms with Gasteiger partial charge in [-0.3, -0.25) is 9.59 Å². The normalized spacial score (nSPS) is 17.2. The number of carboxylic acid groups (broad SMARTS) is 1. The van der Waals surface area contributed by atoms with Crippen molar-refractivity contribution in [3.8, 4) is 0 Å². The Kier molecular flexibility index (Phi) is 4.85. The average molecular weight is 355 g/mol. The van der Waals surface area contributed by atoms with Crippen LogP contribution in [0, 0.1) is 0 Å². The van der Waals surface area contributed by atoms with Gasteiger partial charge in [0.2, 0.25) is 11.8 Å². The van der Waals surface area contributed by atoms with E-state index < -0.39 is 11.2 Å². The highest BCUT2D eigenvalue weighted by Gasteiger charge is 2.41. The molecule has 7 heteroatoms. The number of carbonyl (C=O) groups excluding carboxylic acids is 3. The monoisotopic (exact) mass is 355 g/mol. The molecule has 1 aromatic carbocycles. The number of aromatic carboxylic acids is 1. The zero-order valence-electron chi connectivity index (χ0n) is 13.5. The number of nitrogens with zero attached hydrogens (tertiary/aromatic N) is 2. The number of aromatic nitrogens is 1. The molecule has 2 heterocycles. The molecule has 1 saturated heterocycles. The third kappa shape index (κ3) is 3.28. The van der Waals surface area contributed by atoms with Gasteiger partial charge >= 0.3 is 0 Å². The zero-order valence-corrected chi connectivity index (χ0v) is 14.3. The van der Waals surface area contributed by atoms with E-state index in [-0.39, 0.29) is 28.8 Å². The van der Waals surface area contributed by atoms with Gasteiger partial charge in [0.25, 0.3) is 0 Å². The van der Waals surface area contributed by atoms with Crippen molar-refractivity contribution in [2.75, 3.05) is 4.90 Å². The summed E-state index contributed by atoms with van der Waals surface area (Å²) in [4.78, 5) is 41.6. The highest BCUT2D eigenvalue weighted by Crippen LogP contribution is 2.35. The van der Waals surface area contributed by atoms with Crippen LogP contribution in [-0.2, 0) is 16.0 Å². The number of benzene rings is 1. The Morgan fingerprint density at radius 2 is 2.04 bits per heavy atom. The van der Waals surface area contributed by atoms with Crippen LogP contribution in [0.1, 0.15) is 29.3 Å². The number of hydrogen-bond acceptors (Lipinski definition) is 6. The minimum absolute atomic E-state index is 0.00457. The predicted molar refractivity (Wildman–Crippen MR) is 91.1 cm³/mol. The van der Waals surface area contributed by atoms with Crippen molar-refractivity contribution in [3.63, 3.8) is 0 Å². The van der Waals surface area contributed by atoms with Crippen molar-refractivity contribution >= 4 is 35.2 Å². The molecule has 1 atom stereocenters. The molecule has 25 heavy (non-hydrogen) atoms. The number of anilines is 1. The van der Waals surface area contributed by atoms with Gasteiger partial charge in [-0.25, -0.2) is 9.88 Å². The number of thioether (sulfide) groups is 1. The van der Waals surface area contributed by atoms with Crippen LogP contribution in [-0.4, -0.2) is 28.0 Å². The number of rotatable bonds is 5. The summed E-state index contributed by atoms with van der Waals surface area (Å²) < 4.78 is 0. The molecule has 1 aliphatic heterocycles. The van der Waals surface area contributed by atoms with Crippen molar-refractivity contribution in [3.05, 3.63) is 53.7 Å². The topological polar surface area (TPSA) is 90.4 Å². The maximum Gasteiger partial charge on any atom is 0.247 e. The van der Waals surface area contributed by atoms with Crippen LogP contribution < -0.4 is 10.0 Å². The van der Waals surface area contributed by atoms with Crippen molar-refractivity contribution in [2.45, 2.75) is 30.0 Å². The summed E-state index contributed by atoms with van der Waals surface area (Å²) in [7, 11) is 0. The van der Waals surface area contributed by atoms with Gasteiger partial charge in [-0.2, -0.15) is 0 Å². The summed E-state index contributed by atoms with van der Waals surface area (Å²) in [5, 5.41) is 10.7. The number of aryl methyl sites for hydroxylation is 1. The minimum Gasteiger partial charge on any atom is -0.545 e. The van der Waals surface area contributed by atoms with Gasteiger partial charge in [0, 0.05) is 18.2 Å². The van der Waals surface area contributed by atoms with Gasteiger partial charge in [0.05, 0.1) is 16.9 Å². The van der Waals surface area contributed by atoms with Gasteiger partial charge < -0.3 is 9.90 Å². The average Bonchev–Trinajstić information content (AvgIpc) is 2.88.